The predicted octanol–water partition coefficient (Wildman–Crippen LogP) is 1.47. The van der Waals surface area contributed by atoms with Gasteiger partial charge in [-0.15, -0.1) is 0 Å². The third kappa shape index (κ3) is 7.95. The van der Waals surface area contributed by atoms with Crippen LogP contribution < -0.4 is 0 Å². The molecule has 0 spiro atoms. The van der Waals surface area contributed by atoms with Crippen LogP contribution in [0, 0.1) is 5.41 Å². The van der Waals surface area contributed by atoms with E-state index in [-0.39, 0.29) is 5.41 Å². The summed E-state index contributed by atoms with van der Waals surface area (Å²) in [5, 5.41) is 0. The van der Waals surface area contributed by atoms with Gasteiger partial charge in [-0.1, -0.05) is 20.8 Å². The summed E-state index contributed by atoms with van der Waals surface area (Å²) in [7, 11) is 4.71. The maximum atomic E-state index is 11.8. The standard InChI is InChI=1S/C6H12BFO/c1-6(2,3)4-9-5(7)8/h5H,4H2,1-3H3. The van der Waals surface area contributed by atoms with Crippen molar-refractivity contribution < 1.29 is 9.13 Å². The molecule has 1 nitrogen and oxygen atoms in total. The van der Waals surface area contributed by atoms with Gasteiger partial charge < -0.3 is 4.74 Å². The van der Waals surface area contributed by atoms with Crippen LogP contribution in [0.4, 0.5) is 4.39 Å². The van der Waals surface area contributed by atoms with Gasteiger partial charge in [0.2, 0.25) is 0 Å². The summed E-state index contributed by atoms with van der Waals surface area (Å²) in [6.07, 6.45) is -1.63. The lowest BCUT2D eigenvalue weighted by Gasteiger charge is -2.18. The van der Waals surface area contributed by atoms with E-state index in [2.05, 4.69) is 4.74 Å². The van der Waals surface area contributed by atoms with Crippen molar-refractivity contribution in [3.8, 4) is 0 Å². The van der Waals surface area contributed by atoms with E-state index in [1.54, 1.807) is 0 Å². The van der Waals surface area contributed by atoms with E-state index in [1.807, 2.05) is 20.8 Å². The van der Waals surface area contributed by atoms with Gasteiger partial charge in [-0.05, 0) is 5.41 Å². The Kier molecular flexibility index (Phi) is 3.19. The second-order valence-electron chi connectivity index (χ2n) is 3.22. The van der Waals surface area contributed by atoms with Gasteiger partial charge in [0.1, 0.15) is 0 Å². The average Bonchev–Trinajstić information content (AvgIpc) is 1.59. The van der Waals surface area contributed by atoms with Crippen molar-refractivity contribution in [2.24, 2.45) is 5.41 Å². The Hall–Kier alpha value is -0.0451. The molecule has 0 rings (SSSR count). The van der Waals surface area contributed by atoms with E-state index in [9.17, 15) is 4.39 Å². The third-order valence-electron chi connectivity index (χ3n) is 0.676. The van der Waals surface area contributed by atoms with Crippen molar-refractivity contribution in [3.63, 3.8) is 0 Å². The SMILES string of the molecule is [B]C(F)OCC(C)(C)C. The van der Waals surface area contributed by atoms with Gasteiger partial charge in [0.25, 0.3) is 0 Å². The lowest BCUT2D eigenvalue weighted by molar-refractivity contribution is -0.0149. The van der Waals surface area contributed by atoms with Crippen molar-refractivity contribution in [3.05, 3.63) is 0 Å². The first kappa shape index (κ1) is 8.95. The van der Waals surface area contributed by atoms with Crippen molar-refractivity contribution in [2.75, 3.05) is 6.61 Å². The lowest BCUT2D eigenvalue weighted by atomic mass is 9.98. The van der Waals surface area contributed by atoms with Crippen LogP contribution >= 0.6 is 0 Å². The number of halogens is 1. The summed E-state index contributed by atoms with van der Waals surface area (Å²) >= 11 is 0. The molecular formula is C6H12BFO. The first-order chi connectivity index (χ1) is 3.92. The fourth-order valence-corrected chi connectivity index (χ4v) is 0.330. The van der Waals surface area contributed by atoms with Gasteiger partial charge in [0.15, 0.2) is 14.1 Å². The van der Waals surface area contributed by atoms with Crippen molar-refractivity contribution in [1.82, 2.24) is 0 Å². The number of rotatable bonds is 2. The second-order valence-corrected chi connectivity index (χ2v) is 3.22. The van der Waals surface area contributed by atoms with Crippen LogP contribution in [0.25, 0.3) is 0 Å². The van der Waals surface area contributed by atoms with Gasteiger partial charge in [-0.2, -0.15) is 0 Å². The van der Waals surface area contributed by atoms with Crippen LogP contribution in [-0.4, -0.2) is 20.7 Å². The molecule has 0 aromatic rings. The van der Waals surface area contributed by atoms with Crippen LogP contribution in [-0.2, 0) is 4.74 Å². The molecule has 0 saturated carbocycles. The van der Waals surface area contributed by atoms with Crippen molar-refractivity contribution in [1.29, 1.82) is 0 Å². The van der Waals surface area contributed by atoms with Crippen LogP contribution in [0.5, 0.6) is 0 Å². The molecule has 1 unspecified atom stereocenters. The highest BCUT2D eigenvalue weighted by Gasteiger charge is 2.11. The first-order valence-electron chi connectivity index (χ1n) is 2.93. The maximum Gasteiger partial charge on any atom is 0.157 e. The van der Waals surface area contributed by atoms with Crippen LogP contribution in [0.15, 0.2) is 0 Å². The van der Waals surface area contributed by atoms with Gasteiger partial charge in [-0.3, -0.25) is 0 Å². The van der Waals surface area contributed by atoms with Gasteiger partial charge in [0, 0.05) is 0 Å². The molecule has 3 heteroatoms. The van der Waals surface area contributed by atoms with E-state index in [0.29, 0.717) is 6.61 Å². The number of ether oxygens (including phenoxy) is 1. The number of hydrogen-bond acceptors (Lipinski definition) is 1. The maximum absolute atomic E-state index is 11.8. The molecule has 0 aromatic carbocycles. The van der Waals surface area contributed by atoms with Crippen molar-refractivity contribution in [2.45, 2.75) is 27.0 Å². The molecule has 0 fully saturated rings. The van der Waals surface area contributed by atoms with E-state index < -0.39 is 6.26 Å². The molecule has 0 aliphatic heterocycles. The summed E-state index contributed by atoms with van der Waals surface area (Å²) in [6.45, 7) is 6.21. The Labute approximate surface area is 57.0 Å². The molecule has 0 aromatic heterocycles. The molecule has 0 heterocycles. The zero-order valence-corrected chi connectivity index (χ0v) is 6.15. The quantitative estimate of drug-likeness (QED) is 0.514. The smallest absolute Gasteiger partial charge is 0.157 e. The highest BCUT2D eigenvalue weighted by molar-refractivity contribution is 6.09. The highest BCUT2D eigenvalue weighted by Crippen LogP contribution is 2.13. The summed E-state index contributed by atoms with van der Waals surface area (Å²) in [5.74, 6) is 0. The topological polar surface area (TPSA) is 9.23 Å². The number of alkyl halides is 1. The first-order valence-corrected chi connectivity index (χ1v) is 2.93. The Morgan fingerprint density at radius 2 is 2.00 bits per heavy atom. The second kappa shape index (κ2) is 3.21. The summed E-state index contributed by atoms with van der Waals surface area (Å²) < 4.78 is 16.3. The average molecular weight is 130 g/mol. The fourth-order valence-electron chi connectivity index (χ4n) is 0.330. The molecule has 1 atom stereocenters. The van der Waals surface area contributed by atoms with E-state index in [4.69, 9.17) is 7.85 Å². The molecule has 0 aliphatic rings. The van der Waals surface area contributed by atoms with Gasteiger partial charge in [0.05, 0.1) is 6.61 Å². The molecule has 0 aliphatic carbocycles. The molecule has 0 bridgehead atoms. The van der Waals surface area contributed by atoms with Gasteiger partial charge in [-0.25, -0.2) is 4.39 Å². The summed E-state index contributed by atoms with van der Waals surface area (Å²) in [6, 6.07) is 0. The zero-order chi connectivity index (χ0) is 7.49. The molecule has 52 valence electrons. The molecule has 0 N–H and O–H groups in total. The van der Waals surface area contributed by atoms with E-state index in [1.165, 1.54) is 0 Å². The molecule has 0 saturated heterocycles. The Morgan fingerprint density at radius 3 is 2.11 bits per heavy atom. The highest BCUT2D eigenvalue weighted by atomic mass is 19.1. The Morgan fingerprint density at radius 1 is 1.56 bits per heavy atom. The molecular weight excluding hydrogens is 118 g/mol. The zero-order valence-electron chi connectivity index (χ0n) is 6.15. The van der Waals surface area contributed by atoms with Crippen molar-refractivity contribution >= 4 is 7.85 Å². The molecule has 9 heavy (non-hydrogen) atoms. The summed E-state index contributed by atoms with van der Waals surface area (Å²) in [5.41, 5.74) is -0.0102. The minimum atomic E-state index is -1.63. The van der Waals surface area contributed by atoms with E-state index >= 15 is 0 Å². The largest absolute Gasteiger partial charge is 0.357 e. The van der Waals surface area contributed by atoms with Crippen LogP contribution in [0.1, 0.15) is 20.8 Å². The van der Waals surface area contributed by atoms with E-state index in [0.717, 1.165) is 0 Å². The monoisotopic (exact) mass is 130 g/mol. The minimum Gasteiger partial charge on any atom is -0.357 e. The molecule has 2 radical (unpaired) electrons. The number of hydrogen-bond donors (Lipinski definition) is 0. The lowest BCUT2D eigenvalue weighted by Crippen LogP contribution is -2.18. The Balaban J connectivity index is 3.28. The summed E-state index contributed by atoms with van der Waals surface area (Å²) in [4.78, 5) is 0. The normalized spacial score (nSPS) is 15.6. The van der Waals surface area contributed by atoms with Gasteiger partial charge >= 0.3 is 0 Å². The van der Waals surface area contributed by atoms with Crippen LogP contribution in [0.3, 0.4) is 0 Å². The predicted molar refractivity (Wildman–Crippen MR) is 36.1 cm³/mol. The minimum absolute atomic E-state index is 0.0102. The fraction of sp³-hybridized carbons (Fsp3) is 1.00. The van der Waals surface area contributed by atoms with Crippen LogP contribution in [0.2, 0.25) is 0 Å². The Bertz CT molecular complexity index is 77.6. The third-order valence-corrected chi connectivity index (χ3v) is 0.676. The molecule has 0 amide bonds.